The minimum atomic E-state index is -0.281. The zero-order chi connectivity index (χ0) is 17.3. The molecule has 1 unspecified atom stereocenters. The lowest BCUT2D eigenvalue weighted by Crippen LogP contribution is -2.23. The van der Waals surface area contributed by atoms with E-state index in [1.807, 2.05) is 27.8 Å². The molecule has 0 saturated heterocycles. The van der Waals surface area contributed by atoms with E-state index in [4.69, 9.17) is 0 Å². The van der Waals surface area contributed by atoms with Gasteiger partial charge in [-0.05, 0) is 33.6 Å². The molecule has 1 fully saturated rings. The van der Waals surface area contributed by atoms with Crippen LogP contribution in [0.1, 0.15) is 55.7 Å². The van der Waals surface area contributed by atoms with Gasteiger partial charge in [0.2, 0.25) is 11.1 Å². The molecule has 130 valence electrons. The molecule has 2 aromatic heterocycles. The second-order valence-electron chi connectivity index (χ2n) is 6.40. The summed E-state index contributed by atoms with van der Waals surface area (Å²) in [6, 6.07) is 0. The van der Waals surface area contributed by atoms with Gasteiger partial charge in [0.15, 0.2) is 0 Å². The Morgan fingerprint density at radius 2 is 2.08 bits per heavy atom. The predicted octanol–water partition coefficient (Wildman–Crippen LogP) is 2.93. The molecule has 1 atom stereocenters. The highest BCUT2D eigenvalue weighted by Gasteiger charge is 2.23. The summed E-state index contributed by atoms with van der Waals surface area (Å²) in [6.07, 6.45) is 4.87. The minimum absolute atomic E-state index is 0.0635. The van der Waals surface area contributed by atoms with Gasteiger partial charge >= 0.3 is 0 Å². The molecular formula is C16H24N6OS. The van der Waals surface area contributed by atoms with E-state index in [9.17, 15) is 4.79 Å². The van der Waals surface area contributed by atoms with Gasteiger partial charge in [0.25, 0.3) is 0 Å². The number of nitrogens with zero attached hydrogens (tertiary/aromatic N) is 4. The van der Waals surface area contributed by atoms with Crippen molar-refractivity contribution in [2.24, 2.45) is 7.05 Å². The van der Waals surface area contributed by atoms with Crippen LogP contribution in [-0.4, -0.2) is 36.1 Å². The molecule has 0 spiro atoms. The van der Waals surface area contributed by atoms with Gasteiger partial charge in [-0.15, -0.1) is 5.10 Å². The zero-order valence-corrected chi connectivity index (χ0v) is 15.4. The SMILES string of the molecule is Cc1nn(C)c(C)c1NC(=O)C(C)Sc1n[nH]c(C2CCCC2)n1. The van der Waals surface area contributed by atoms with Crippen LogP contribution in [0, 0.1) is 13.8 Å². The van der Waals surface area contributed by atoms with Crippen molar-refractivity contribution in [3.63, 3.8) is 0 Å². The number of aromatic amines is 1. The van der Waals surface area contributed by atoms with Crippen LogP contribution in [0.5, 0.6) is 0 Å². The number of thioether (sulfide) groups is 1. The zero-order valence-electron chi connectivity index (χ0n) is 14.6. The molecule has 1 saturated carbocycles. The summed E-state index contributed by atoms with van der Waals surface area (Å²) >= 11 is 1.38. The van der Waals surface area contributed by atoms with E-state index in [1.54, 1.807) is 4.68 Å². The van der Waals surface area contributed by atoms with E-state index in [-0.39, 0.29) is 11.2 Å². The standard InChI is InChI=1S/C16H24N6OS/c1-9-13(10(2)22(4)21-9)17-15(23)11(3)24-16-18-14(19-20-16)12-7-5-6-8-12/h11-12H,5-8H2,1-4H3,(H,17,23)(H,18,19,20). The Bertz CT molecular complexity index is 731. The molecule has 2 N–H and O–H groups in total. The molecule has 2 heterocycles. The van der Waals surface area contributed by atoms with Crippen LogP contribution < -0.4 is 5.32 Å². The van der Waals surface area contributed by atoms with Crippen LogP contribution >= 0.6 is 11.8 Å². The number of anilines is 1. The Morgan fingerprint density at radius 1 is 1.38 bits per heavy atom. The summed E-state index contributed by atoms with van der Waals surface area (Å²) in [6.45, 7) is 5.70. The lowest BCUT2D eigenvalue weighted by Gasteiger charge is -2.10. The first-order valence-electron chi connectivity index (χ1n) is 8.35. The first-order valence-corrected chi connectivity index (χ1v) is 9.23. The molecule has 2 aromatic rings. The molecule has 0 aromatic carbocycles. The molecular weight excluding hydrogens is 324 g/mol. The normalized spacial score (nSPS) is 16.5. The summed E-state index contributed by atoms with van der Waals surface area (Å²) in [5, 5.41) is 14.9. The number of carbonyl (C=O) groups excluding carboxylic acids is 1. The molecule has 24 heavy (non-hydrogen) atoms. The van der Waals surface area contributed by atoms with Crippen LogP contribution in [0.25, 0.3) is 0 Å². The topological polar surface area (TPSA) is 88.5 Å². The maximum Gasteiger partial charge on any atom is 0.237 e. The molecule has 1 aliphatic rings. The van der Waals surface area contributed by atoms with Gasteiger partial charge in [0.1, 0.15) is 5.82 Å². The maximum atomic E-state index is 12.5. The van der Waals surface area contributed by atoms with Crippen LogP contribution in [0.15, 0.2) is 5.16 Å². The molecule has 0 radical (unpaired) electrons. The quantitative estimate of drug-likeness (QED) is 0.811. The third kappa shape index (κ3) is 3.48. The monoisotopic (exact) mass is 348 g/mol. The van der Waals surface area contributed by atoms with Crippen molar-refractivity contribution in [1.29, 1.82) is 0 Å². The molecule has 8 heteroatoms. The Hall–Kier alpha value is -1.83. The summed E-state index contributed by atoms with van der Waals surface area (Å²) in [7, 11) is 1.87. The van der Waals surface area contributed by atoms with Gasteiger partial charge in [-0.3, -0.25) is 14.6 Å². The highest BCUT2D eigenvalue weighted by molar-refractivity contribution is 8.00. The molecule has 7 nitrogen and oxygen atoms in total. The fourth-order valence-electron chi connectivity index (χ4n) is 3.08. The Balaban J connectivity index is 1.62. The fraction of sp³-hybridized carbons (Fsp3) is 0.625. The Labute approximate surface area is 146 Å². The summed E-state index contributed by atoms with van der Waals surface area (Å²) in [5.41, 5.74) is 2.55. The maximum absolute atomic E-state index is 12.5. The van der Waals surface area contributed by atoms with Crippen LogP contribution in [0.3, 0.4) is 0 Å². The number of nitrogens with one attached hydrogen (secondary N) is 2. The van der Waals surface area contributed by atoms with E-state index in [2.05, 4.69) is 25.6 Å². The van der Waals surface area contributed by atoms with Gasteiger partial charge in [0.05, 0.1) is 22.3 Å². The highest BCUT2D eigenvalue weighted by atomic mass is 32.2. The first kappa shape index (κ1) is 17.0. The number of hydrogen-bond acceptors (Lipinski definition) is 5. The van der Waals surface area contributed by atoms with Crippen molar-refractivity contribution in [3.8, 4) is 0 Å². The van der Waals surface area contributed by atoms with Crippen LogP contribution in [-0.2, 0) is 11.8 Å². The number of aromatic nitrogens is 5. The van der Waals surface area contributed by atoms with Gasteiger partial charge in [0, 0.05) is 13.0 Å². The first-order chi connectivity index (χ1) is 11.5. The summed E-state index contributed by atoms with van der Waals surface area (Å²) in [5.74, 6) is 1.39. The Morgan fingerprint density at radius 3 is 2.71 bits per heavy atom. The van der Waals surface area contributed by atoms with Crippen LogP contribution in [0.2, 0.25) is 0 Å². The van der Waals surface area contributed by atoms with Gasteiger partial charge in [-0.1, -0.05) is 24.6 Å². The Kier molecular flexibility index (Phi) is 4.93. The number of carbonyl (C=O) groups is 1. The van der Waals surface area contributed by atoms with E-state index >= 15 is 0 Å². The molecule has 0 aliphatic heterocycles. The average molecular weight is 348 g/mol. The number of rotatable bonds is 5. The summed E-state index contributed by atoms with van der Waals surface area (Å²) < 4.78 is 1.77. The van der Waals surface area contributed by atoms with Gasteiger partial charge in [-0.25, -0.2) is 4.98 Å². The number of H-pyrrole nitrogens is 1. The minimum Gasteiger partial charge on any atom is -0.322 e. The second-order valence-corrected chi connectivity index (χ2v) is 7.71. The van der Waals surface area contributed by atoms with Crippen molar-refractivity contribution in [2.45, 2.75) is 62.8 Å². The van der Waals surface area contributed by atoms with E-state index < -0.39 is 0 Å². The van der Waals surface area contributed by atoms with Gasteiger partial charge < -0.3 is 5.32 Å². The lowest BCUT2D eigenvalue weighted by atomic mass is 10.1. The van der Waals surface area contributed by atoms with Crippen molar-refractivity contribution >= 4 is 23.4 Å². The molecule has 3 rings (SSSR count). The smallest absolute Gasteiger partial charge is 0.237 e. The lowest BCUT2D eigenvalue weighted by molar-refractivity contribution is -0.115. The van der Waals surface area contributed by atoms with Crippen molar-refractivity contribution in [3.05, 3.63) is 17.2 Å². The third-order valence-electron chi connectivity index (χ3n) is 4.63. The second kappa shape index (κ2) is 6.96. The van der Waals surface area contributed by atoms with E-state index in [0.717, 1.165) is 22.9 Å². The van der Waals surface area contributed by atoms with Crippen LogP contribution in [0.4, 0.5) is 5.69 Å². The van der Waals surface area contributed by atoms with Crippen molar-refractivity contribution in [1.82, 2.24) is 25.0 Å². The molecule has 1 amide bonds. The highest BCUT2D eigenvalue weighted by Crippen LogP contribution is 2.33. The summed E-state index contributed by atoms with van der Waals surface area (Å²) in [4.78, 5) is 17.0. The number of amides is 1. The van der Waals surface area contributed by atoms with Crippen molar-refractivity contribution in [2.75, 3.05) is 5.32 Å². The van der Waals surface area contributed by atoms with Crippen molar-refractivity contribution < 1.29 is 4.79 Å². The largest absolute Gasteiger partial charge is 0.322 e. The predicted molar refractivity (Wildman–Crippen MR) is 94.2 cm³/mol. The number of aryl methyl sites for hydroxylation is 2. The average Bonchev–Trinajstić information content (AvgIpc) is 3.25. The van der Waals surface area contributed by atoms with E-state index in [0.29, 0.717) is 11.1 Å². The van der Waals surface area contributed by atoms with E-state index in [1.165, 1.54) is 37.4 Å². The number of hydrogen-bond donors (Lipinski definition) is 2. The van der Waals surface area contributed by atoms with Gasteiger partial charge in [-0.2, -0.15) is 5.10 Å². The molecule has 1 aliphatic carbocycles. The third-order valence-corrected chi connectivity index (χ3v) is 5.59. The fourth-order valence-corrected chi connectivity index (χ4v) is 3.82. The molecule has 0 bridgehead atoms.